The molecule has 0 spiro atoms. The molecule has 1 aliphatic rings. The zero-order valence-electron chi connectivity index (χ0n) is 12.9. The third-order valence-corrected chi connectivity index (χ3v) is 4.13. The van der Waals surface area contributed by atoms with Crippen LogP contribution in [0, 0.1) is 5.92 Å². The van der Waals surface area contributed by atoms with Crippen LogP contribution in [0.3, 0.4) is 0 Å². The summed E-state index contributed by atoms with van der Waals surface area (Å²) in [4.78, 5) is 13.9. The number of benzene rings is 1. The maximum absolute atomic E-state index is 12.7. The molecule has 1 heterocycles. The predicted molar refractivity (Wildman–Crippen MR) is 80.9 cm³/mol. The van der Waals surface area contributed by atoms with Gasteiger partial charge in [0.15, 0.2) is 6.10 Å². The number of hydrogen-bond acceptors (Lipinski definition) is 3. The highest BCUT2D eigenvalue weighted by molar-refractivity contribution is 5.81. The second-order valence-electron chi connectivity index (χ2n) is 5.95. The van der Waals surface area contributed by atoms with Crippen molar-refractivity contribution in [2.45, 2.75) is 32.0 Å². The van der Waals surface area contributed by atoms with Gasteiger partial charge in [0.25, 0.3) is 0 Å². The van der Waals surface area contributed by atoms with Crippen molar-refractivity contribution in [2.75, 3.05) is 25.0 Å². The summed E-state index contributed by atoms with van der Waals surface area (Å²) in [5, 5.41) is 12.1. The number of aliphatic hydroxyl groups is 1. The van der Waals surface area contributed by atoms with E-state index in [2.05, 4.69) is 12.2 Å². The van der Waals surface area contributed by atoms with Gasteiger partial charge < -0.3 is 15.3 Å². The van der Waals surface area contributed by atoms with E-state index in [-0.39, 0.29) is 23.7 Å². The normalized spacial score (nSPS) is 17.9. The smallest absolute Gasteiger partial charge is 0.379 e. The lowest BCUT2D eigenvalue weighted by molar-refractivity contribution is -0.206. The molecule has 128 valence electrons. The van der Waals surface area contributed by atoms with Gasteiger partial charge in [-0.05, 0) is 24.8 Å². The summed E-state index contributed by atoms with van der Waals surface area (Å²) in [5.74, 6) is 0.447. The number of carbonyl (C=O) groups excluding carboxylic acids is 1. The van der Waals surface area contributed by atoms with Gasteiger partial charge in [-0.15, -0.1) is 0 Å². The fourth-order valence-electron chi connectivity index (χ4n) is 2.61. The number of rotatable bonds is 4. The number of aliphatic hydroxyl groups excluding tert-OH is 1. The largest absolute Gasteiger partial charge is 0.418 e. The lowest BCUT2D eigenvalue weighted by atomic mass is 9.99. The topological polar surface area (TPSA) is 52.6 Å². The second kappa shape index (κ2) is 7.21. The molecule has 0 aromatic heterocycles. The predicted octanol–water partition coefficient (Wildman–Crippen LogP) is 2.95. The number of nitrogens with one attached hydrogen (secondary N) is 1. The number of carbonyl (C=O) groups is 1. The zero-order chi connectivity index (χ0) is 17.0. The van der Waals surface area contributed by atoms with Crippen LogP contribution in [0.4, 0.5) is 18.9 Å². The molecule has 1 atom stereocenters. The minimum atomic E-state index is -4.75. The van der Waals surface area contributed by atoms with Crippen molar-refractivity contribution in [3.8, 4) is 0 Å². The Bertz CT molecular complexity index is 540. The van der Waals surface area contributed by atoms with E-state index in [1.165, 1.54) is 18.2 Å². The van der Waals surface area contributed by atoms with Gasteiger partial charge in [-0.3, -0.25) is 4.79 Å². The van der Waals surface area contributed by atoms with E-state index in [0.29, 0.717) is 19.0 Å². The number of halogens is 3. The van der Waals surface area contributed by atoms with Crippen LogP contribution in [0.15, 0.2) is 24.3 Å². The van der Waals surface area contributed by atoms with Crippen molar-refractivity contribution in [3.63, 3.8) is 0 Å². The van der Waals surface area contributed by atoms with Crippen molar-refractivity contribution in [2.24, 2.45) is 5.92 Å². The summed E-state index contributed by atoms with van der Waals surface area (Å²) in [6, 6.07) is 5.61. The number of alkyl halides is 3. The molecule has 7 heteroatoms. The monoisotopic (exact) mass is 330 g/mol. The van der Waals surface area contributed by atoms with Crippen LogP contribution in [-0.2, 0) is 4.79 Å². The highest BCUT2D eigenvalue weighted by Crippen LogP contribution is 2.35. The Morgan fingerprint density at radius 3 is 2.57 bits per heavy atom. The van der Waals surface area contributed by atoms with Crippen LogP contribution in [0.25, 0.3) is 0 Å². The zero-order valence-corrected chi connectivity index (χ0v) is 12.9. The van der Waals surface area contributed by atoms with Crippen LogP contribution in [0.1, 0.15) is 31.4 Å². The van der Waals surface area contributed by atoms with Crippen LogP contribution >= 0.6 is 0 Å². The lowest BCUT2D eigenvalue weighted by Crippen LogP contribution is -2.41. The molecule has 0 bridgehead atoms. The molecule has 1 amide bonds. The van der Waals surface area contributed by atoms with E-state index in [0.717, 1.165) is 12.8 Å². The van der Waals surface area contributed by atoms with Gasteiger partial charge in [-0.1, -0.05) is 25.1 Å². The fourth-order valence-corrected chi connectivity index (χ4v) is 2.61. The molecular formula is C16H21F3N2O2. The summed E-state index contributed by atoms with van der Waals surface area (Å²) >= 11 is 0. The molecular weight excluding hydrogens is 309 g/mol. The first-order chi connectivity index (χ1) is 10.8. The van der Waals surface area contributed by atoms with Gasteiger partial charge >= 0.3 is 6.18 Å². The van der Waals surface area contributed by atoms with Gasteiger partial charge in [0.1, 0.15) is 0 Å². The second-order valence-corrected chi connectivity index (χ2v) is 5.95. The number of piperidine rings is 1. The van der Waals surface area contributed by atoms with Gasteiger partial charge in [0, 0.05) is 24.3 Å². The van der Waals surface area contributed by atoms with Crippen LogP contribution in [-0.4, -0.2) is 41.7 Å². The van der Waals surface area contributed by atoms with E-state index >= 15 is 0 Å². The third kappa shape index (κ3) is 4.60. The third-order valence-electron chi connectivity index (χ3n) is 4.13. The molecule has 1 aromatic carbocycles. The van der Waals surface area contributed by atoms with Gasteiger partial charge in [-0.2, -0.15) is 13.2 Å². The van der Waals surface area contributed by atoms with Crippen molar-refractivity contribution < 1.29 is 23.1 Å². The molecule has 1 aliphatic heterocycles. The Morgan fingerprint density at radius 2 is 1.96 bits per heavy atom. The standard InChI is InChI=1S/C16H21F3N2O2/c1-11-6-8-21(9-7-11)14(22)10-20-13-5-3-2-4-12(13)15(23)16(17,18)19/h2-5,11,15,20,23H,6-10H2,1H3/t15-/m0/s1. The van der Waals surface area contributed by atoms with Gasteiger partial charge in [0.05, 0.1) is 6.54 Å². The molecule has 4 nitrogen and oxygen atoms in total. The van der Waals surface area contributed by atoms with Gasteiger partial charge in [0.2, 0.25) is 5.91 Å². The average Bonchev–Trinajstić information content (AvgIpc) is 2.52. The Kier molecular flexibility index (Phi) is 5.51. The number of likely N-dealkylation sites (tertiary alicyclic amines) is 1. The molecule has 1 saturated heterocycles. The first-order valence-electron chi connectivity index (χ1n) is 7.64. The van der Waals surface area contributed by atoms with Crippen molar-refractivity contribution in [1.29, 1.82) is 0 Å². The highest BCUT2D eigenvalue weighted by Gasteiger charge is 2.40. The fraction of sp³-hybridized carbons (Fsp3) is 0.562. The lowest BCUT2D eigenvalue weighted by Gasteiger charge is -2.30. The number of anilines is 1. The summed E-state index contributed by atoms with van der Waals surface area (Å²) < 4.78 is 38.1. The van der Waals surface area contributed by atoms with Crippen LogP contribution < -0.4 is 5.32 Å². The molecule has 2 N–H and O–H groups in total. The minimum absolute atomic E-state index is 0.0873. The van der Waals surface area contributed by atoms with E-state index in [9.17, 15) is 23.1 Å². The Labute approximate surface area is 133 Å². The molecule has 0 unspecified atom stereocenters. The maximum Gasteiger partial charge on any atom is 0.418 e. The quantitative estimate of drug-likeness (QED) is 0.892. The van der Waals surface area contributed by atoms with E-state index in [1.807, 2.05) is 0 Å². The average molecular weight is 330 g/mol. The molecule has 0 aliphatic carbocycles. The van der Waals surface area contributed by atoms with Crippen molar-refractivity contribution in [1.82, 2.24) is 4.90 Å². The molecule has 2 rings (SSSR count). The number of nitrogens with zero attached hydrogens (tertiary/aromatic N) is 1. The number of para-hydroxylation sites is 1. The molecule has 1 fully saturated rings. The number of amides is 1. The first kappa shape index (κ1) is 17.6. The molecule has 23 heavy (non-hydrogen) atoms. The first-order valence-corrected chi connectivity index (χ1v) is 7.64. The maximum atomic E-state index is 12.7. The van der Waals surface area contributed by atoms with Crippen molar-refractivity contribution in [3.05, 3.63) is 29.8 Å². The molecule has 1 aromatic rings. The Morgan fingerprint density at radius 1 is 1.35 bits per heavy atom. The summed E-state index contributed by atoms with van der Waals surface area (Å²) in [6.07, 6.45) is -5.44. The van der Waals surface area contributed by atoms with Crippen molar-refractivity contribution >= 4 is 11.6 Å². The SMILES string of the molecule is CC1CCN(C(=O)CNc2ccccc2[C@H](O)C(F)(F)F)CC1. The minimum Gasteiger partial charge on any atom is -0.379 e. The van der Waals surface area contributed by atoms with E-state index < -0.39 is 12.3 Å². The highest BCUT2D eigenvalue weighted by atomic mass is 19.4. The van der Waals surface area contributed by atoms with Crippen LogP contribution in [0.5, 0.6) is 0 Å². The Hall–Kier alpha value is -1.76. The van der Waals surface area contributed by atoms with E-state index in [4.69, 9.17) is 0 Å². The van der Waals surface area contributed by atoms with E-state index in [1.54, 1.807) is 11.0 Å². The molecule has 0 radical (unpaired) electrons. The summed E-state index contributed by atoms with van der Waals surface area (Å²) in [6.45, 7) is 3.40. The summed E-state index contributed by atoms with van der Waals surface area (Å²) in [5.41, 5.74) is -0.156. The Balaban J connectivity index is 1.99. The molecule has 0 saturated carbocycles. The van der Waals surface area contributed by atoms with Crippen LogP contribution in [0.2, 0.25) is 0 Å². The van der Waals surface area contributed by atoms with Gasteiger partial charge in [-0.25, -0.2) is 0 Å². The summed E-state index contributed by atoms with van der Waals surface area (Å²) in [7, 11) is 0. The number of hydrogen-bond donors (Lipinski definition) is 2.